The van der Waals surface area contributed by atoms with Gasteiger partial charge in [0.15, 0.2) is 0 Å². The van der Waals surface area contributed by atoms with E-state index in [0.717, 1.165) is 36.6 Å². The van der Waals surface area contributed by atoms with Gasteiger partial charge in [-0.1, -0.05) is 48.5 Å². The summed E-state index contributed by atoms with van der Waals surface area (Å²) in [7, 11) is 0. The van der Waals surface area contributed by atoms with E-state index in [1.807, 2.05) is 0 Å². The number of hydrogen-bond donors (Lipinski definition) is 3. The first-order chi connectivity index (χ1) is 15.2. The molecule has 0 radical (unpaired) electrons. The Kier molecular flexibility index (Phi) is 13.3. The zero-order chi connectivity index (χ0) is 23.9. The van der Waals surface area contributed by atoms with Crippen LogP contribution in [0.2, 0.25) is 0 Å². The van der Waals surface area contributed by atoms with E-state index in [1.165, 1.54) is 0 Å². The molecule has 1 aromatic rings. The minimum absolute atomic E-state index is 0.0993. The molecule has 4 N–H and O–H groups in total. The summed E-state index contributed by atoms with van der Waals surface area (Å²) >= 11 is 3.31. The molecule has 0 aliphatic heterocycles. The van der Waals surface area contributed by atoms with Gasteiger partial charge in [0.05, 0.1) is 6.42 Å². The van der Waals surface area contributed by atoms with E-state index in [2.05, 4.69) is 33.5 Å². The van der Waals surface area contributed by atoms with Crippen LogP contribution in [0.4, 0.5) is 0 Å². The predicted octanol–water partition coefficient (Wildman–Crippen LogP) is 3.36. The van der Waals surface area contributed by atoms with Crippen LogP contribution in [-0.4, -0.2) is 35.8 Å². The first-order valence-corrected chi connectivity index (χ1v) is 11.8. The van der Waals surface area contributed by atoms with Crippen molar-refractivity contribution in [1.29, 1.82) is 0 Å². The fourth-order valence-electron chi connectivity index (χ4n) is 3.00. The molecule has 1 rings (SSSR count). The van der Waals surface area contributed by atoms with Gasteiger partial charge in [-0.05, 0) is 44.0 Å². The highest BCUT2D eigenvalue weighted by atomic mass is 79.9. The molecule has 0 aliphatic rings. The van der Waals surface area contributed by atoms with Crippen LogP contribution in [0.3, 0.4) is 0 Å². The number of ether oxygens (including phenoxy) is 1. The topological polar surface area (TPSA) is 128 Å². The van der Waals surface area contributed by atoms with Crippen LogP contribution >= 0.6 is 15.9 Å². The number of nitrogens with one attached hydrogen (secondary N) is 2. The van der Waals surface area contributed by atoms with E-state index in [4.69, 9.17) is 10.5 Å². The first-order valence-electron chi connectivity index (χ1n) is 11.1. The largest absolute Gasteiger partial charge is 0.427 e. The van der Waals surface area contributed by atoms with Crippen molar-refractivity contribution in [3.05, 3.63) is 28.7 Å². The number of halogens is 1. The molecule has 0 saturated heterocycles. The van der Waals surface area contributed by atoms with E-state index in [9.17, 15) is 19.2 Å². The molecule has 1 aromatic carbocycles. The summed E-state index contributed by atoms with van der Waals surface area (Å²) in [6.07, 6.45) is 5.44. The number of benzene rings is 1. The average Bonchev–Trinajstić information content (AvgIpc) is 2.73. The van der Waals surface area contributed by atoms with Crippen molar-refractivity contribution in [3.8, 4) is 5.75 Å². The lowest BCUT2D eigenvalue weighted by Gasteiger charge is -2.20. The highest BCUT2D eigenvalue weighted by Gasteiger charge is 2.24. The summed E-state index contributed by atoms with van der Waals surface area (Å²) in [5.74, 6) is -1.45. The summed E-state index contributed by atoms with van der Waals surface area (Å²) in [4.78, 5) is 48.1. The minimum Gasteiger partial charge on any atom is -0.427 e. The zero-order valence-corrected chi connectivity index (χ0v) is 20.4. The standard InChI is InChI=1S/C23H34BrN3O5/c1-3-4-5-6-7-8-21(29)27-19(15-20(25)28)23(31)26-16(2)9-14-22(30)32-18-12-10-17(24)11-13-18/h10-13,16,19H,3-9,14-15H2,1-2H3,(H2,25,28)(H,26,31)(H,27,29). The SMILES string of the molecule is CCCCCCCC(=O)NC(CC(N)=O)C(=O)NC(C)CCC(=O)Oc1ccc(Br)cc1. The molecule has 178 valence electrons. The number of rotatable bonds is 15. The molecular formula is C23H34BrN3O5. The summed E-state index contributed by atoms with van der Waals surface area (Å²) in [5.41, 5.74) is 5.24. The molecule has 3 amide bonds. The fraction of sp³-hybridized carbons (Fsp3) is 0.565. The number of primary amides is 1. The Labute approximate surface area is 198 Å². The summed E-state index contributed by atoms with van der Waals surface area (Å²) in [6, 6.07) is 5.49. The number of carbonyl (C=O) groups is 4. The lowest BCUT2D eigenvalue weighted by molar-refractivity contribution is -0.135. The average molecular weight is 512 g/mol. The van der Waals surface area contributed by atoms with Crippen molar-refractivity contribution < 1.29 is 23.9 Å². The molecule has 9 heteroatoms. The van der Waals surface area contributed by atoms with Crippen molar-refractivity contribution in [2.75, 3.05) is 0 Å². The normalized spacial score (nSPS) is 12.5. The molecular weight excluding hydrogens is 478 g/mol. The van der Waals surface area contributed by atoms with Crippen LogP contribution in [0.1, 0.15) is 71.6 Å². The van der Waals surface area contributed by atoms with E-state index in [1.54, 1.807) is 31.2 Å². The Hall–Kier alpha value is -2.42. The molecule has 0 aromatic heterocycles. The van der Waals surface area contributed by atoms with Crippen LogP contribution in [0, 0.1) is 0 Å². The third-order valence-electron chi connectivity index (χ3n) is 4.78. The molecule has 0 spiro atoms. The molecule has 0 heterocycles. The Bertz CT molecular complexity index is 755. The molecule has 0 fully saturated rings. The maximum atomic E-state index is 12.6. The van der Waals surface area contributed by atoms with Crippen molar-refractivity contribution >= 4 is 39.6 Å². The van der Waals surface area contributed by atoms with Crippen molar-refractivity contribution in [2.45, 2.75) is 83.7 Å². The predicted molar refractivity (Wildman–Crippen MR) is 126 cm³/mol. The van der Waals surface area contributed by atoms with Gasteiger partial charge in [-0.3, -0.25) is 19.2 Å². The van der Waals surface area contributed by atoms with Gasteiger partial charge in [-0.25, -0.2) is 0 Å². The van der Waals surface area contributed by atoms with Gasteiger partial charge in [0.2, 0.25) is 17.7 Å². The van der Waals surface area contributed by atoms with Gasteiger partial charge in [0.25, 0.3) is 0 Å². The fourth-order valence-corrected chi connectivity index (χ4v) is 3.27. The molecule has 2 unspecified atom stereocenters. The summed E-state index contributed by atoms with van der Waals surface area (Å²) in [5, 5.41) is 5.33. The second-order valence-corrected chi connectivity index (χ2v) is 8.75. The highest BCUT2D eigenvalue weighted by Crippen LogP contribution is 2.17. The summed E-state index contributed by atoms with van der Waals surface area (Å²) in [6.45, 7) is 3.86. The molecule has 2 atom stereocenters. The van der Waals surface area contributed by atoms with Crippen LogP contribution in [0.25, 0.3) is 0 Å². The third kappa shape index (κ3) is 12.4. The first kappa shape index (κ1) is 27.6. The van der Waals surface area contributed by atoms with E-state index in [-0.39, 0.29) is 24.8 Å². The second kappa shape index (κ2) is 15.4. The monoisotopic (exact) mass is 511 g/mol. The lowest BCUT2D eigenvalue weighted by atomic mass is 10.1. The number of amides is 3. The third-order valence-corrected chi connectivity index (χ3v) is 5.31. The van der Waals surface area contributed by atoms with Crippen LogP contribution in [-0.2, 0) is 19.2 Å². The second-order valence-electron chi connectivity index (χ2n) is 7.83. The van der Waals surface area contributed by atoms with E-state index >= 15 is 0 Å². The smallest absolute Gasteiger partial charge is 0.311 e. The summed E-state index contributed by atoms with van der Waals surface area (Å²) < 4.78 is 6.13. The Morgan fingerprint density at radius 2 is 1.66 bits per heavy atom. The van der Waals surface area contributed by atoms with Crippen LogP contribution < -0.4 is 21.1 Å². The number of hydrogen-bond acceptors (Lipinski definition) is 5. The van der Waals surface area contributed by atoms with Crippen LogP contribution in [0.15, 0.2) is 28.7 Å². The quantitative estimate of drug-likeness (QED) is 0.189. The molecule has 0 aliphatic carbocycles. The maximum Gasteiger partial charge on any atom is 0.311 e. The number of esters is 1. The maximum absolute atomic E-state index is 12.6. The molecule has 0 saturated carbocycles. The number of carbonyl (C=O) groups excluding carboxylic acids is 4. The number of nitrogens with two attached hydrogens (primary N) is 1. The molecule has 32 heavy (non-hydrogen) atoms. The van der Waals surface area contributed by atoms with Gasteiger partial charge in [0.1, 0.15) is 11.8 Å². The Morgan fingerprint density at radius 3 is 2.28 bits per heavy atom. The molecule has 0 bridgehead atoms. The van der Waals surface area contributed by atoms with Crippen LogP contribution in [0.5, 0.6) is 5.75 Å². The zero-order valence-electron chi connectivity index (χ0n) is 18.8. The van der Waals surface area contributed by atoms with Gasteiger partial charge in [0, 0.05) is 23.4 Å². The highest BCUT2D eigenvalue weighted by molar-refractivity contribution is 9.10. The van der Waals surface area contributed by atoms with Crippen molar-refractivity contribution in [2.24, 2.45) is 5.73 Å². The Balaban J connectivity index is 2.45. The van der Waals surface area contributed by atoms with E-state index in [0.29, 0.717) is 18.6 Å². The van der Waals surface area contributed by atoms with Crippen molar-refractivity contribution in [3.63, 3.8) is 0 Å². The van der Waals surface area contributed by atoms with Gasteiger partial charge in [-0.15, -0.1) is 0 Å². The molecule has 8 nitrogen and oxygen atoms in total. The Morgan fingerprint density at radius 1 is 1.00 bits per heavy atom. The van der Waals surface area contributed by atoms with Crippen molar-refractivity contribution in [1.82, 2.24) is 10.6 Å². The van der Waals surface area contributed by atoms with E-state index < -0.39 is 23.8 Å². The van der Waals surface area contributed by atoms with Gasteiger partial charge in [-0.2, -0.15) is 0 Å². The minimum atomic E-state index is -1.03. The van der Waals surface area contributed by atoms with Gasteiger partial charge >= 0.3 is 5.97 Å². The lowest BCUT2D eigenvalue weighted by Crippen LogP contribution is -2.50. The number of unbranched alkanes of at least 4 members (excludes halogenated alkanes) is 4. The van der Waals surface area contributed by atoms with Gasteiger partial charge < -0.3 is 21.1 Å².